The molecule has 0 N–H and O–H groups in total. The largest absolute Gasteiger partial charge is 0.495 e. The predicted octanol–water partition coefficient (Wildman–Crippen LogP) is 4.49. The van der Waals surface area contributed by atoms with Crippen LogP contribution in [0.4, 0.5) is 0 Å². The summed E-state index contributed by atoms with van der Waals surface area (Å²) in [7, 11) is -0.741. The van der Waals surface area contributed by atoms with Crippen molar-refractivity contribution in [3.05, 3.63) is 35.9 Å². The fourth-order valence-corrected chi connectivity index (χ4v) is 4.03. The first-order valence-electron chi connectivity index (χ1n) is 11.7. The molecule has 0 amide bonds. The molecule has 2 heterocycles. The minimum absolute atomic E-state index is 0.362. The third kappa shape index (κ3) is 4.68. The highest BCUT2D eigenvalue weighted by Gasteiger charge is 2.54. The summed E-state index contributed by atoms with van der Waals surface area (Å²) in [5, 5.41) is 0. The standard InChI is InChI=1S/C25H40B2O4/c1-11-12-13-14-15-19-17-20(26-28-22(3,4)23(5,6)29-26)18(2)16-21(19)27-30-24(7,8)25(9,10)31-27/h11,16-17H,1,12-15H2,2-10H3. The molecule has 31 heavy (non-hydrogen) atoms. The van der Waals surface area contributed by atoms with Crippen molar-refractivity contribution in [1.29, 1.82) is 0 Å². The molecule has 6 heteroatoms. The van der Waals surface area contributed by atoms with Crippen LogP contribution < -0.4 is 10.9 Å². The van der Waals surface area contributed by atoms with Gasteiger partial charge < -0.3 is 18.6 Å². The van der Waals surface area contributed by atoms with Gasteiger partial charge in [0.05, 0.1) is 22.4 Å². The number of aryl methyl sites for hydroxylation is 2. The molecule has 0 bridgehead atoms. The summed E-state index contributed by atoms with van der Waals surface area (Å²) in [6.07, 6.45) is 6.18. The number of benzene rings is 1. The van der Waals surface area contributed by atoms with Crippen molar-refractivity contribution in [2.24, 2.45) is 0 Å². The Balaban J connectivity index is 1.96. The molecule has 3 rings (SSSR count). The van der Waals surface area contributed by atoms with E-state index in [0.29, 0.717) is 0 Å². The van der Waals surface area contributed by atoms with Gasteiger partial charge in [-0.1, -0.05) is 23.8 Å². The van der Waals surface area contributed by atoms with Crippen LogP contribution in [0.5, 0.6) is 0 Å². The first-order chi connectivity index (χ1) is 14.2. The maximum absolute atomic E-state index is 6.40. The minimum Gasteiger partial charge on any atom is -0.399 e. The Bertz CT molecular complexity index is 797. The Hall–Kier alpha value is -1.07. The molecule has 0 saturated carbocycles. The summed E-state index contributed by atoms with van der Waals surface area (Å²) in [6.45, 7) is 22.7. The summed E-state index contributed by atoms with van der Waals surface area (Å²) in [6, 6.07) is 4.47. The van der Waals surface area contributed by atoms with Gasteiger partial charge in [-0.15, -0.1) is 6.58 Å². The Kier molecular flexibility index (Phi) is 6.63. The van der Waals surface area contributed by atoms with Crippen LogP contribution in [0, 0.1) is 6.92 Å². The van der Waals surface area contributed by atoms with E-state index in [-0.39, 0.29) is 36.6 Å². The van der Waals surface area contributed by atoms with Crippen LogP contribution in [-0.4, -0.2) is 36.6 Å². The molecule has 0 aromatic heterocycles. The lowest BCUT2D eigenvalue weighted by Gasteiger charge is -2.32. The van der Waals surface area contributed by atoms with E-state index < -0.39 is 0 Å². The maximum atomic E-state index is 6.40. The maximum Gasteiger partial charge on any atom is 0.495 e. The van der Waals surface area contributed by atoms with E-state index in [1.54, 1.807) is 0 Å². The molecule has 2 aliphatic rings. The van der Waals surface area contributed by atoms with Crippen LogP contribution in [0.2, 0.25) is 0 Å². The molecule has 0 spiro atoms. The monoisotopic (exact) mass is 426 g/mol. The fraction of sp³-hybridized carbons (Fsp3) is 0.680. The van der Waals surface area contributed by atoms with Gasteiger partial charge >= 0.3 is 14.2 Å². The number of allylic oxidation sites excluding steroid dienone is 1. The van der Waals surface area contributed by atoms with Crippen LogP contribution in [0.1, 0.15) is 85.8 Å². The minimum atomic E-state index is -0.371. The SMILES string of the molecule is C=CCCCCc1cc(B2OC(C)(C)C(C)(C)O2)c(C)cc1B1OC(C)(C)C(C)(C)O1. The smallest absolute Gasteiger partial charge is 0.399 e. The lowest BCUT2D eigenvalue weighted by Crippen LogP contribution is -2.42. The van der Waals surface area contributed by atoms with E-state index in [1.807, 2.05) is 6.08 Å². The van der Waals surface area contributed by atoms with Gasteiger partial charge in [-0.05, 0) is 104 Å². The molecular formula is C25H40B2O4. The molecule has 2 saturated heterocycles. The summed E-state index contributed by atoms with van der Waals surface area (Å²) >= 11 is 0. The molecule has 0 aliphatic carbocycles. The number of hydrogen-bond acceptors (Lipinski definition) is 4. The molecule has 0 unspecified atom stereocenters. The molecule has 1 aromatic rings. The molecule has 0 atom stereocenters. The Morgan fingerprint density at radius 2 is 1.19 bits per heavy atom. The van der Waals surface area contributed by atoms with Crippen molar-refractivity contribution >= 4 is 25.2 Å². The zero-order valence-corrected chi connectivity index (χ0v) is 21.1. The molecule has 2 fully saturated rings. The number of unbranched alkanes of at least 4 members (excludes halogenated alkanes) is 2. The van der Waals surface area contributed by atoms with Crippen LogP contribution in [-0.2, 0) is 25.0 Å². The summed E-state index contributed by atoms with van der Waals surface area (Å²) < 4.78 is 25.5. The van der Waals surface area contributed by atoms with Gasteiger partial charge in [-0.25, -0.2) is 0 Å². The van der Waals surface area contributed by atoms with Crippen molar-refractivity contribution in [3.63, 3.8) is 0 Å². The molecule has 170 valence electrons. The zero-order valence-electron chi connectivity index (χ0n) is 21.1. The fourth-order valence-electron chi connectivity index (χ4n) is 4.03. The van der Waals surface area contributed by atoms with Gasteiger partial charge in [0.15, 0.2) is 0 Å². The predicted molar refractivity (Wildman–Crippen MR) is 130 cm³/mol. The van der Waals surface area contributed by atoms with Crippen molar-refractivity contribution in [3.8, 4) is 0 Å². The van der Waals surface area contributed by atoms with E-state index in [0.717, 1.165) is 42.2 Å². The average molecular weight is 426 g/mol. The van der Waals surface area contributed by atoms with Crippen molar-refractivity contribution < 1.29 is 18.6 Å². The van der Waals surface area contributed by atoms with Gasteiger partial charge in [0.1, 0.15) is 0 Å². The van der Waals surface area contributed by atoms with E-state index in [1.165, 1.54) is 5.56 Å². The topological polar surface area (TPSA) is 36.9 Å². The zero-order chi connectivity index (χ0) is 23.2. The van der Waals surface area contributed by atoms with Crippen LogP contribution >= 0.6 is 0 Å². The second kappa shape index (κ2) is 8.37. The Morgan fingerprint density at radius 3 is 1.65 bits per heavy atom. The van der Waals surface area contributed by atoms with Crippen molar-refractivity contribution in [2.75, 3.05) is 0 Å². The van der Waals surface area contributed by atoms with Gasteiger partial charge in [0.25, 0.3) is 0 Å². The van der Waals surface area contributed by atoms with E-state index in [9.17, 15) is 0 Å². The molecular weight excluding hydrogens is 386 g/mol. The lowest BCUT2D eigenvalue weighted by molar-refractivity contribution is 0.00578. The van der Waals surface area contributed by atoms with Gasteiger partial charge in [-0.3, -0.25) is 0 Å². The summed E-state index contributed by atoms with van der Waals surface area (Å²) in [4.78, 5) is 0. The highest BCUT2D eigenvalue weighted by atomic mass is 16.7. The first kappa shape index (κ1) is 24.6. The highest BCUT2D eigenvalue weighted by molar-refractivity contribution is 6.65. The molecule has 2 aliphatic heterocycles. The first-order valence-corrected chi connectivity index (χ1v) is 11.7. The third-order valence-corrected chi connectivity index (χ3v) is 7.65. The van der Waals surface area contributed by atoms with E-state index in [2.05, 4.69) is 81.0 Å². The van der Waals surface area contributed by atoms with Gasteiger partial charge in [0, 0.05) is 0 Å². The number of hydrogen-bond donors (Lipinski definition) is 0. The van der Waals surface area contributed by atoms with Crippen LogP contribution in [0.3, 0.4) is 0 Å². The second-order valence-electron chi connectivity index (χ2n) is 11.1. The van der Waals surface area contributed by atoms with Crippen molar-refractivity contribution in [2.45, 2.75) is 110 Å². The van der Waals surface area contributed by atoms with E-state index in [4.69, 9.17) is 18.6 Å². The average Bonchev–Trinajstić information content (AvgIpc) is 2.98. The Labute approximate surface area is 190 Å². The number of rotatable bonds is 7. The molecule has 1 aromatic carbocycles. The quantitative estimate of drug-likeness (QED) is 0.366. The summed E-state index contributed by atoms with van der Waals surface area (Å²) in [5.74, 6) is 0. The molecule has 4 nitrogen and oxygen atoms in total. The highest BCUT2D eigenvalue weighted by Crippen LogP contribution is 2.38. The van der Waals surface area contributed by atoms with Crippen molar-refractivity contribution in [1.82, 2.24) is 0 Å². The van der Waals surface area contributed by atoms with Gasteiger partial charge in [0.2, 0.25) is 0 Å². The van der Waals surface area contributed by atoms with Gasteiger partial charge in [-0.2, -0.15) is 0 Å². The normalized spacial score (nSPS) is 23.4. The summed E-state index contributed by atoms with van der Waals surface area (Å²) in [5.41, 5.74) is 3.15. The second-order valence-corrected chi connectivity index (χ2v) is 11.1. The Morgan fingerprint density at radius 1 is 0.742 bits per heavy atom. The van der Waals surface area contributed by atoms with E-state index >= 15 is 0 Å². The van der Waals surface area contributed by atoms with Crippen LogP contribution in [0.15, 0.2) is 24.8 Å². The third-order valence-electron chi connectivity index (χ3n) is 7.65. The molecule has 0 radical (unpaired) electrons. The lowest BCUT2D eigenvalue weighted by atomic mass is 9.68. The van der Waals surface area contributed by atoms with Crippen LogP contribution in [0.25, 0.3) is 0 Å².